The second-order valence-corrected chi connectivity index (χ2v) is 5.62. The van der Waals surface area contributed by atoms with Gasteiger partial charge in [-0.15, -0.1) is 0 Å². The molecule has 0 aliphatic carbocycles. The van der Waals surface area contributed by atoms with Crippen molar-refractivity contribution in [1.29, 1.82) is 0 Å². The van der Waals surface area contributed by atoms with Gasteiger partial charge in [-0.1, -0.05) is 22.9 Å². The Labute approximate surface area is 117 Å². The van der Waals surface area contributed by atoms with E-state index in [1.807, 2.05) is 18.2 Å². The van der Waals surface area contributed by atoms with E-state index in [2.05, 4.69) is 4.98 Å². The highest BCUT2D eigenvalue weighted by Crippen LogP contribution is 2.24. The molecule has 0 spiro atoms. The molecule has 3 rings (SSSR count). The monoisotopic (exact) mass is 289 g/mol. The molecule has 2 heterocycles. The Bertz CT molecular complexity index is 886. The number of fused-ring (bicyclic) bond motifs is 2. The third kappa shape index (κ3) is 2.13. The van der Waals surface area contributed by atoms with E-state index in [1.54, 1.807) is 12.1 Å². The van der Waals surface area contributed by atoms with Crippen LogP contribution in [0, 0.1) is 0 Å². The molecule has 0 bridgehead atoms. The predicted molar refractivity (Wildman–Crippen MR) is 78.4 cm³/mol. The number of hydrogen-bond donors (Lipinski definition) is 0. The summed E-state index contributed by atoms with van der Waals surface area (Å²) in [7, 11) is 0. The first-order chi connectivity index (χ1) is 9.04. The van der Waals surface area contributed by atoms with Crippen LogP contribution in [0.25, 0.3) is 21.1 Å². The first kappa shape index (κ1) is 12.3. The molecule has 19 heavy (non-hydrogen) atoms. The predicted octanol–water partition coefficient (Wildman–Crippen LogP) is 3.67. The molecule has 94 valence electrons. The van der Waals surface area contributed by atoms with Crippen LogP contribution in [0.1, 0.15) is 17.3 Å². The first-order valence-corrected chi connectivity index (χ1v) is 6.79. The van der Waals surface area contributed by atoms with Gasteiger partial charge in [0.05, 0.1) is 11.1 Å². The number of pyridine rings is 1. The van der Waals surface area contributed by atoms with E-state index in [0.29, 0.717) is 9.85 Å². The third-order valence-electron chi connectivity index (χ3n) is 2.86. The summed E-state index contributed by atoms with van der Waals surface area (Å²) in [6.07, 6.45) is 0. The molecule has 0 N–H and O–H groups in total. The van der Waals surface area contributed by atoms with Gasteiger partial charge in [-0.05, 0) is 37.3 Å². The maximum absolute atomic E-state index is 11.8. The summed E-state index contributed by atoms with van der Waals surface area (Å²) in [4.78, 5) is 28.3. The zero-order valence-corrected chi connectivity index (χ0v) is 11.5. The Morgan fingerprint density at radius 3 is 2.74 bits per heavy atom. The Hall–Kier alpha value is -1.78. The fourth-order valence-corrected chi connectivity index (χ4v) is 2.98. The van der Waals surface area contributed by atoms with Crippen LogP contribution in [0.3, 0.4) is 0 Å². The van der Waals surface area contributed by atoms with E-state index in [1.165, 1.54) is 6.92 Å². The summed E-state index contributed by atoms with van der Waals surface area (Å²) >= 11 is 6.94. The van der Waals surface area contributed by atoms with Crippen molar-refractivity contribution >= 4 is 49.8 Å². The van der Waals surface area contributed by atoms with E-state index >= 15 is 0 Å². The Kier molecular flexibility index (Phi) is 2.84. The van der Waals surface area contributed by atoms with E-state index in [-0.39, 0.29) is 16.1 Å². The lowest BCUT2D eigenvalue weighted by molar-refractivity contribution is 0.101. The van der Waals surface area contributed by atoms with Crippen LogP contribution in [-0.2, 0) is 0 Å². The van der Waals surface area contributed by atoms with Crippen molar-refractivity contribution in [3.63, 3.8) is 0 Å². The van der Waals surface area contributed by atoms with Gasteiger partial charge in [-0.3, -0.25) is 9.59 Å². The van der Waals surface area contributed by atoms with Crippen molar-refractivity contribution in [3.8, 4) is 0 Å². The smallest absolute Gasteiger partial charge is 0.245 e. The molecule has 0 atom stereocenters. The van der Waals surface area contributed by atoms with Gasteiger partial charge in [0.2, 0.25) is 4.74 Å². The number of aromatic nitrogens is 1. The highest BCUT2D eigenvalue weighted by atomic mass is 35.5. The summed E-state index contributed by atoms with van der Waals surface area (Å²) in [6, 6.07) is 8.88. The minimum Gasteiger partial charge on any atom is -0.294 e. The van der Waals surface area contributed by atoms with Crippen molar-refractivity contribution in [1.82, 2.24) is 4.98 Å². The average molecular weight is 290 g/mol. The fraction of sp³-hybridized carbons (Fsp3) is 0.0714. The molecule has 0 saturated heterocycles. The summed E-state index contributed by atoms with van der Waals surface area (Å²) in [5.74, 6) is -0.227. The Balaban J connectivity index is 2.42. The number of halogens is 1. The fourth-order valence-electron chi connectivity index (χ4n) is 1.93. The van der Waals surface area contributed by atoms with Gasteiger partial charge in [0.15, 0.2) is 5.78 Å². The average Bonchev–Trinajstić information content (AvgIpc) is 2.35. The van der Waals surface area contributed by atoms with Gasteiger partial charge >= 0.3 is 0 Å². The molecule has 0 aliphatic rings. The van der Waals surface area contributed by atoms with E-state index in [9.17, 15) is 9.59 Å². The number of rotatable bonds is 1. The maximum Gasteiger partial charge on any atom is 0.245 e. The highest BCUT2D eigenvalue weighted by molar-refractivity contribution is 7.16. The second kappa shape index (κ2) is 4.40. The first-order valence-electron chi connectivity index (χ1n) is 5.60. The van der Waals surface area contributed by atoms with Crippen LogP contribution in [0.5, 0.6) is 0 Å². The standard InChI is InChI=1S/C14H8ClNO2S/c1-7(17)11-6-9-4-8-5-10(15)2-3-12(8)16-13(9)19-14(11)18/h2-6H,1H3. The molecule has 1 aromatic carbocycles. The summed E-state index contributed by atoms with van der Waals surface area (Å²) in [5.41, 5.74) is 0.990. The van der Waals surface area contributed by atoms with Crippen molar-refractivity contribution in [2.45, 2.75) is 6.92 Å². The van der Waals surface area contributed by atoms with Crippen LogP contribution in [0.4, 0.5) is 0 Å². The van der Waals surface area contributed by atoms with E-state index in [0.717, 1.165) is 27.6 Å². The van der Waals surface area contributed by atoms with Gasteiger partial charge in [-0.2, -0.15) is 0 Å². The van der Waals surface area contributed by atoms with Gasteiger partial charge in [0.1, 0.15) is 4.83 Å². The summed E-state index contributed by atoms with van der Waals surface area (Å²) < 4.78 is -0.249. The molecule has 3 aromatic rings. The molecular formula is C14H8ClNO2S. The molecule has 3 nitrogen and oxygen atoms in total. The summed E-state index contributed by atoms with van der Waals surface area (Å²) in [5, 5.41) is 2.30. The number of carbonyl (C=O) groups is 1. The highest BCUT2D eigenvalue weighted by Gasteiger charge is 2.09. The lowest BCUT2D eigenvalue weighted by Gasteiger charge is -2.02. The number of ketones is 1. The SMILES string of the molecule is CC(=O)c1cc2cc3cc(Cl)ccc3nc2sc1=O. The van der Waals surface area contributed by atoms with Crippen molar-refractivity contribution in [2.24, 2.45) is 0 Å². The van der Waals surface area contributed by atoms with Crippen molar-refractivity contribution < 1.29 is 4.79 Å². The van der Waals surface area contributed by atoms with Gasteiger partial charge < -0.3 is 0 Å². The maximum atomic E-state index is 11.8. The molecule has 0 aliphatic heterocycles. The van der Waals surface area contributed by atoms with E-state index < -0.39 is 0 Å². The molecular weight excluding hydrogens is 282 g/mol. The number of nitrogens with zero attached hydrogens (tertiary/aromatic N) is 1. The van der Waals surface area contributed by atoms with Crippen molar-refractivity contribution in [2.75, 3.05) is 0 Å². The quantitative estimate of drug-likeness (QED) is 0.507. The van der Waals surface area contributed by atoms with Crippen LogP contribution in [0.15, 0.2) is 35.1 Å². The largest absolute Gasteiger partial charge is 0.294 e. The van der Waals surface area contributed by atoms with Gasteiger partial charge in [0.25, 0.3) is 0 Å². The molecule has 0 amide bonds. The van der Waals surface area contributed by atoms with Crippen LogP contribution >= 0.6 is 22.9 Å². The lowest BCUT2D eigenvalue weighted by Crippen LogP contribution is -2.08. The lowest BCUT2D eigenvalue weighted by atomic mass is 10.1. The van der Waals surface area contributed by atoms with Crippen LogP contribution in [0.2, 0.25) is 5.02 Å². The van der Waals surface area contributed by atoms with Crippen molar-refractivity contribution in [3.05, 3.63) is 50.5 Å². The Morgan fingerprint density at radius 2 is 2.00 bits per heavy atom. The Morgan fingerprint density at radius 1 is 1.21 bits per heavy atom. The summed E-state index contributed by atoms with van der Waals surface area (Å²) in [6.45, 7) is 1.39. The topological polar surface area (TPSA) is 47.0 Å². The molecule has 0 unspecified atom stereocenters. The minimum absolute atomic E-state index is 0.209. The second-order valence-electron chi connectivity index (χ2n) is 4.22. The molecule has 0 saturated carbocycles. The van der Waals surface area contributed by atoms with Crippen LogP contribution in [-0.4, -0.2) is 10.8 Å². The number of Topliss-reactive ketones (excluding diaryl/α,β-unsaturated/α-hetero) is 1. The van der Waals surface area contributed by atoms with Gasteiger partial charge in [0, 0.05) is 15.8 Å². The molecule has 5 heteroatoms. The number of carbonyl (C=O) groups excluding carboxylic acids is 1. The molecule has 0 radical (unpaired) electrons. The molecule has 0 fully saturated rings. The normalized spacial score (nSPS) is 11.1. The van der Waals surface area contributed by atoms with Crippen LogP contribution < -0.4 is 4.74 Å². The van der Waals surface area contributed by atoms with E-state index in [4.69, 9.17) is 11.6 Å². The van der Waals surface area contributed by atoms with Gasteiger partial charge in [-0.25, -0.2) is 4.98 Å². The number of benzene rings is 1. The number of hydrogen-bond acceptors (Lipinski definition) is 4. The third-order valence-corrected chi connectivity index (χ3v) is 4.02. The zero-order valence-electron chi connectivity index (χ0n) is 9.94. The minimum atomic E-state index is -0.249. The molecule has 2 aromatic heterocycles. The zero-order chi connectivity index (χ0) is 13.6.